The number of nitrogens with zero attached hydrogens (tertiary/aromatic N) is 2. The van der Waals surface area contributed by atoms with E-state index >= 15 is 0 Å². The summed E-state index contributed by atoms with van der Waals surface area (Å²) in [5.74, 6) is 0. The van der Waals surface area contributed by atoms with Gasteiger partial charge in [0.15, 0.2) is 0 Å². The van der Waals surface area contributed by atoms with Crippen LogP contribution in [-0.2, 0) is 6.42 Å². The quantitative estimate of drug-likeness (QED) is 0.686. The molecule has 0 fully saturated rings. The average Bonchev–Trinajstić information content (AvgIpc) is 2.03. The minimum Gasteiger partial charge on any atom is -0.317 e. The zero-order valence-electron chi connectivity index (χ0n) is 5.92. The van der Waals surface area contributed by atoms with E-state index in [-0.39, 0.29) is 0 Å². The molecule has 0 aromatic carbocycles. The Morgan fingerprint density at radius 3 is 3.09 bits per heavy atom. The van der Waals surface area contributed by atoms with Crippen molar-refractivity contribution < 1.29 is 0 Å². The molecule has 56 valence electrons. The van der Waals surface area contributed by atoms with Crippen LogP contribution in [0.3, 0.4) is 0 Å². The largest absolute Gasteiger partial charge is 0.317 e. The second kappa shape index (κ2) is 4.09. The monoisotopic (exact) mass is 210 g/mol. The van der Waals surface area contributed by atoms with Crippen molar-refractivity contribution in [2.45, 2.75) is 6.42 Å². The van der Waals surface area contributed by atoms with Crippen LogP contribution in [0.2, 0.25) is 0 Å². The molecule has 0 atom stereocenters. The molecule has 1 rings (SSSR count). The van der Waals surface area contributed by atoms with Gasteiger partial charge in [0.05, 0.1) is 12.1 Å². The van der Waals surface area contributed by atoms with Gasteiger partial charge < -0.3 is 4.85 Å². The lowest BCUT2D eigenvalue weighted by atomic mass is 10.3. The highest BCUT2D eigenvalue weighted by molar-refractivity contribution is 9.10. The first-order valence-corrected chi connectivity index (χ1v) is 4.06. The molecule has 0 aliphatic rings. The van der Waals surface area contributed by atoms with Crippen LogP contribution in [0.25, 0.3) is 4.85 Å². The van der Waals surface area contributed by atoms with Crippen molar-refractivity contribution in [3.63, 3.8) is 0 Å². The van der Waals surface area contributed by atoms with Crippen molar-refractivity contribution in [1.82, 2.24) is 4.98 Å². The van der Waals surface area contributed by atoms with E-state index in [9.17, 15) is 0 Å². The van der Waals surface area contributed by atoms with Crippen LogP contribution in [0.15, 0.2) is 22.8 Å². The minimum absolute atomic E-state index is 0.510. The SMILES string of the molecule is [C-]#[N+]CCc1ncccc1Br. The van der Waals surface area contributed by atoms with Crippen LogP contribution in [0, 0.1) is 6.57 Å². The number of pyridine rings is 1. The summed E-state index contributed by atoms with van der Waals surface area (Å²) in [4.78, 5) is 7.39. The summed E-state index contributed by atoms with van der Waals surface area (Å²) in [6.45, 7) is 7.11. The van der Waals surface area contributed by atoms with Crippen molar-refractivity contribution in [2.75, 3.05) is 6.54 Å². The third kappa shape index (κ3) is 2.32. The highest BCUT2D eigenvalue weighted by atomic mass is 79.9. The number of halogens is 1. The van der Waals surface area contributed by atoms with Gasteiger partial charge in [-0.2, -0.15) is 0 Å². The second-order valence-corrected chi connectivity index (χ2v) is 2.92. The van der Waals surface area contributed by atoms with E-state index in [1.54, 1.807) is 6.20 Å². The third-order valence-corrected chi connectivity index (χ3v) is 2.02. The van der Waals surface area contributed by atoms with Crippen LogP contribution in [-0.4, -0.2) is 11.5 Å². The average molecular weight is 211 g/mol. The van der Waals surface area contributed by atoms with Gasteiger partial charge in [-0.25, -0.2) is 6.57 Å². The summed E-state index contributed by atoms with van der Waals surface area (Å²) in [6.07, 6.45) is 2.47. The van der Waals surface area contributed by atoms with Gasteiger partial charge >= 0.3 is 0 Å². The molecule has 0 saturated carbocycles. The summed E-state index contributed by atoms with van der Waals surface area (Å²) < 4.78 is 0.989. The van der Waals surface area contributed by atoms with Crippen LogP contribution in [0.5, 0.6) is 0 Å². The van der Waals surface area contributed by atoms with Crippen molar-refractivity contribution >= 4 is 15.9 Å². The molecule has 0 unspecified atom stereocenters. The molecule has 3 heteroatoms. The first-order valence-electron chi connectivity index (χ1n) is 3.27. The van der Waals surface area contributed by atoms with Gasteiger partial charge in [0.2, 0.25) is 6.54 Å². The minimum atomic E-state index is 0.510. The third-order valence-electron chi connectivity index (χ3n) is 1.30. The maximum absolute atomic E-state index is 6.60. The maximum Gasteiger partial charge on any atom is 0.220 e. The van der Waals surface area contributed by atoms with E-state index in [0.29, 0.717) is 6.54 Å². The molecule has 0 saturated heterocycles. The Kier molecular flexibility index (Phi) is 3.06. The van der Waals surface area contributed by atoms with Crippen LogP contribution >= 0.6 is 15.9 Å². The van der Waals surface area contributed by atoms with Gasteiger partial charge in [0, 0.05) is 10.7 Å². The zero-order valence-corrected chi connectivity index (χ0v) is 7.50. The summed E-state index contributed by atoms with van der Waals surface area (Å²) in [7, 11) is 0. The molecule has 0 bridgehead atoms. The fourth-order valence-electron chi connectivity index (χ4n) is 0.764. The molecule has 0 spiro atoms. The van der Waals surface area contributed by atoms with E-state index in [2.05, 4.69) is 25.8 Å². The Morgan fingerprint density at radius 1 is 1.64 bits per heavy atom. The van der Waals surface area contributed by atoms with Gasteiger partial charge in [-0.1, -0.05) is 0 Å². The van der Waals surface area contributed by atoms with Crippen LogP contribution in [0.4, 0.5) is 0 Å². The number of hydrogen-bond acceptors (Lipinski definition) is 1. The Balaban J connectivity index is 2.71. The summed E-state index contributed by atoms with van der Waals surface area (Å²) in [6, 6.07) is 3.80. The molecule has 1 heterocycles. The Labute approximate surface area is 74.2 Å². The highest BCUT2D eigenvalue weighted by Gasteiger charge is 1.99. The molecule has 11 heavy (non-hydrogen) atoms. The molecule has 2 nitrogen and oxygen atoms in total. The molecule has 0 amide bonds. The van der Waals surface area contributed by atoms with Gasteiger partial charge in [-0.15, -0.1) is 0 Å². The normalized spacial score (nSPS) is 9.09. The first-order chi connectivity index (χ1) is 5.34. The van der Waals surface area contributed by atoms with E-state index in [1.807, 2.05) is 12.1 Å². The highest BCUT2D eigenvalue weighted by Crippen LogP contribution is 2.13. The lowest BCUT2D eigenvalue weighted by Gasteiger charge is -1.96. The molecule has 1 aromatic rings. The van der Waals surface area contributed by atoms with Crippen molar-refractivity contribution in [3.05, 3.63) is 39.9 Å². The van der Waals surface area contributed by atoms with Crippen LogP contribution in [0.1, 0.15) is 5.69 Å². The predicted octanol–water partition coefficient (Wildman–Crippen LogP) is 2.31. The molecule has 0 N–H and O–H groups in total. The van der Waals surface area contributed by atoms with Crippen molar-refractivity contribution in [2.24, 2.45) is 0 Å². The summed E-state index contributed by atoms with van der Waals surface area (Å²) >= 11 is 3.36. The Hall–Kier alpha value is -0.880. The predicted molar refractivity (Wildman–Crippen MR) is 47.1 cm³/mol. The fraction of sp³-hybridized carbons (Fsp3) is 0.250. The Bertz CT molecular complexity index is 278. The van der Waals surface area contributed by atoms with Gasteiger partial charge in [0.25, 0.3) is 0 Å². The lowest BCUT2D eigenvalue weighted by molar-refractivity contribution is 0.988. The van der Waals surface area contributed by atoms with Gasteiger partial charge in [-0.05, 0) is 28.1 Å². The van der Waals surface area contributed by atoms with Gasteiger partial charge in [-0.3, -0.25) is 4.98 Å². The van der Waals surface area contributed by atoms with Crippen molar-refractivity contribution in [1.29, 1.82) is 0 Å². The second-order valence-electron chi connectivity index (χ2n) is 2.06. The van der Waals surface area contributed by atoms with E-state index in [4.69, 9.17) is 6.57 Å². The van der Waals surface area contributed by atoms with E-state index < -0.39 is 0 Å². The molecule has 0 aliphatic heterocycles. The smallest absolute Gasteiger partial charge is 0.220 e. The lowest BCUT2D eigenvalue weighted by Crippen LogP contribution is -1.92. The molecule has 0 aliphatic carbocycles. The zero-order chi connectivity index (χ0) is 8.10. The molecule has 1 aromatic heterocycles. The fourth-order valence-corrected chi connectivity index (χ4v) is 1.22. The van der Waals surface area contributed by atoms with Crippen LogP contribution < -0.4 is 0 Å². The van der Waals surface area contributed by atoms with Gasteiger partial charge in [0.1, 0.15) is 0 Å². The summed E-state index contributed by atoms with van der Waals surface area (Å²) in [5, 5.41) is 0. The molecule has 0 radical (unpaired) electrons. The molecular weight excluding hydrogens is 204 g/mol. The molecular formula is C8H7BrN2. The topological polar surface area (TPSA) is 17.2 Å². The Morgan fingerprint density at radius 2 is 2.45 bits per heavy atom. The van der Waals surface area contributed by atoms with E-state index in [0.717, 1.165) is 16.6 Å². The van der Waals surface area contributed by atoms with Crippen molar-refractivity contribution in [3.8, 4) is 0 Å². The standard InChI is InChI=1S/C8H7BrN2/c1-10-6-4-8-7(9)3-2-5-11-8/h2-3,5H,4,6H2. The van der Waals surface area contributed by atoms with E-state index in [1.165, 1.54) is 0 Å². The number of aromatic nitrogens is 1. The maximum atomic E-state index is 6.60. The number of hydrogen-bond donors (Lipinski definition) is 0. The first kappa shape index (κ1) is 8.22. The summed E-state index contributed by atoms with van der Waals surface area (Å²) in [5.41, 5.74) is 0.962. The number of rotatable bonds is 2.